The normalized spacial score (nSPS) is 10.8. The largest absolute Gasteiger partial charge is 0.384 e. The van der Waals surface area contributed by atoms with Gasteiger partial charge in [-0.2, -0.15) is 5.10 Å². The fraction of sp³-hybridized carbons (Fsp3) is 0.308. The third kappa shape index (κ3) is 2.45. The van der Waals surface area contributed by atoms with Crippen molar-refractivity contribution >= 4 is 21.8 Å². The highest BCUT2D eigenvalue weighted by Crippen LogP contribution is 2.26. The number of nitrogen functional groups attached to an aromatic ring is 1. The fourth-order valence-electron chi connectivity index (χ4n) is 1.87. The van der Waals surface area contributed by atoms with Gasteiger partial charge in [-0.05, 0) is 28.1 Å². The quantitative estimate of drug-likeness (QED) is 0.663. The molecule has 0 aliphatic heterocycles. The van der Waals surface area contributed by atoms with Crippen LogP contribution in [-0.2, 0) is 12.8 Å². The molecule has 0 unspecified atom stereocenters. The lowest BCUT2D eigenvalue weighted by Gasteiger charge is -2.10. The van der Waals surface area contributed by atoms with Crippen LogP contribution < -0.4 is 5.73 Å². The minimum absolute atomic E-state index is 0.165. The molecule has 0 amide bonds. The molecule has 0 aliphatic rings. The summed E-state index contributed by atoms with van der Waals surface area (Å²) < 4.78 is 16.1. The number of hydrogen-bond acceptors (Lipinski definition) is 3. The highest BCUT2D eigenvalue weighted by atomic mass is 79.9. The molecule has 7 heteroatoms. The average Bonchev–Trinajstić information content (AvgIpc) is 2.84. The van der Waals surface area contributed by atoms with Crippen LogP contribution in [0.2, 0.25) is 0 Å². The van der Waals surface area contributed by atoms with E-state index in [4.69, 9.17) is 11.1 Å². The zero-order valence-electron chi connectivity index (χ0n) is 11.2. The monoisotopic (exact) mass is 339 g/mol. The molecule has 1 aromatic carbocycles. The molecular weight excluding hydrogens is 325 g/mol. The first-order valence-electron chi connectivity index (χ1n) is 6.27. The van der Waals surface area contributed by atoms with E-state index in [1.807, 2.05) is 13.8 Å². The number of hydrogen-bond donors (Lipinski definition) is 2. The van der Waals surface area contributed by atoms with Crippen molar-refractivity contribution in [1.82, 2.24) is 14.8 Å². The van der Waals surface area contributed by atoms with Gasteiger partial charge in [0.1, 0.15) is 17.3 Å². The molecule has 0 saturated carbocycles. The third-order valence-electron chi connectivity index (χ3n) is 2.93. The number of aryl methyl sites for hydroxylation is 2. The lowest BCUT2D eigenvalue weighted by atomic mass is 10.2. The van der Waals surface area contributed by atoms with Gasteiger partial charge in [0.25, 0.3) is 0 Å². The number of halogens is 2. The Labute approximate surface area is 124 Å². The second-order valence-electron chi connectivity index (χ2n) is 4.24. The maximum absolute atomic E-state index is 14.5. The summed E-state index contributed by atoms with van der Waals surface area (Å²) >= 11 is 3.14. The van der Waals surface area contributed by atoms with Crippen LogP contribution in [0.25, 0.3) is 5.69 Å². The van der Waals surface area contributed by atoms with Gasteiger partial charge in [0.05, 0.1) is 4.47 Å². The number of benzene rings is 1. The first-order valence-corrected chi connectivity index (χ1v) is 7.06. The zero-order valence-corrected chi connectivity index (χ0v) is 12.8. The number of nitrogens with one attached hydrogen (secondary N) is 1. The Hall–Kier alpha value is -1.76. The van der Waals surface area contributed by atoms with Gasteiger partial charge < -0.3 is 5.73 Å². The molecule has 2 rings (SSSR count). The molecule has 1 aromatic heterocycles. The molecule has 0 radical (unpaired) electrons. The number of nitrogens with two attached hydrogens (primary N) is 1. The maximum atomic E-state index is 14.5. The van der Waals surface area contributed by atoms with E-state index in [-0.39, 0.29) is 10.3 Å². The van der Waals surface area contributed by atoms with Crippen LogP contribution in [0.4, 0.5) is 4.39 Å². The summed E-state index contributed by atoms with van der Waals surface area (Å²) in [6.45, 7) is 3.89. The van der Waals surface area contributed by atoms with Crippen LogP contribution in [0.3, 0.4) is 0 Å². The highest BCUT2D eigenvalue weighted by molar-refractivity contribution is 9.10. The summed E-state index contributed by atoms with van der Waals surface area (Å²) in [7, 11) is 0. The Morgan fingerprint density at radius 3 is 2.65 bits per heavy atom. The Balaban J connectivity index is 2.62. The van der Waals surface area contributed by atoms with Crippen molar-refractivity contribution in [2.75, 3.05) is 0 Å². The minimum Gasteiger partial charge on any atom is -0.384 e. The molecule has 20 heavy (non-hydrogen) atoms. The Morgan fingerprint density at radius 2 is 2.10 bits per heavy atom. The molecule has 0 spiro atoms. The van der Waals surface area contributed by atoms with Crippen molar-refractivity contribution in [1.29, 1.82) is 5.41 Å². The molecule has 1 heterocycles. The third-order valence-corrected chi connectivity index (χ3v) is 3.71. The van der Waals surface area contributed by atoms with E-state index in [0.717, 1.165) is 0 Å². The van der Waals surface area contributed by atoms with Gasteiger partial charge in [0.2, 0.25) is 0 Å². The molecular formula is C13H15BrFN5. The first kappa shape index (κ1) is 14.6. The fourth-order valence-corrected chi connectivity index (χ4v) is 2.42. The van der Waals surface area contributed by atoms with Crippen LogP contribution >= 0.6 is 15.9 Å². The second kappa shape index (κ2) is 5.70. The molecule has 0 fully saturated rings. The maximum Gasteiger partial charge on any atom is 0.163 e. The molecule has 2 aromatic rings. The van der Waals surface area contributed by atoms with E-state index < -0.39 is 5.82 Å². The van der Waals surface area contributed by atoms with Gasteiger partial charge >= 0.3 is 0 Å². The Bertz CT molecular complexity index is 665. The summed E-state index contributed by atoms with van der Waals surface area (Å²) in [4.78, 5) is 4.35. The van der Waals surface area contributed by atoms with Gasteiger partial charge in [-0.1, -0.05) is 13.8 Å². The number of rotatable bonds is 4. The van der Waals surface area contributed by atoms with E-state index in [2.05, 4.69) is 26.0 Å². The van der Waals surface area contributed by atoms with E-state index in [9.17, 15) is 4.39 Å². The van der Waals surface area contributed by atoms with Gasteiger partial charge in [-0.3, -0.25) is 5.41 Å². The predicted molar refractivity (Wildman–Crippen MR) is 78.8 cm³/mol. The Morgan fingerprint density at radius 1 is 1.40 bits per heavy atom. The predicted octanol–water partition coefficient (Wildman–Crippen LogP) is 2.58. The van der Waals surface area contributed by atoms with Crippen molar-refractivity contribution in [3.63, 3.8) is 0 Å². The minimum atomic E-state index is -0.500. The van der Waals surface area contributed by atoms with Gasteiger partial charge in [0.15, 0.2) is 11.6 Å². The summed E-state index contributed by atoms with van der Waals surface area (Å²) in [6.07, 6.45) is 1.34. The molecule has 0 saturated heterocycles. The molecule has 106 valence electrons. The summed E-state index contributed by atoms with van der Waals surface area (Å²) in [5.41, 5.74) is 6.02. The lowest BCUT2D eigenvalue weighted by molar-refractivity contribution is 0.598. The molecule has 3 N–H and O–H groups in total. The van der Waals surface area contributed by atoms with Crippen LogP contribution in [0.15, 0.2) is 16.6 Å². The van der Waals surface area contributed by atoms with Crippen molar-refractivity contribution in [2.45, 2.75) is 26.7 Å². The number of amidine groups is 1. The van der Waals surface area contributed by atoms with Crippen molar-refractivity contribution < 1.29 is 4.39 Å². The highest BCUT2D eigenvalue weighted by Gasteiger charge is 2.17. The lowest BCUT2D eigenvalue weighted by Crippen LogP contribution is -2.14. The summed E-state index contributed by atoms with van der Waals surface area (Å²) in [5, 5.41) is 11.7. The Kier molecular flexibility index (Phi) is 4.17. The van der Waals surface area contributed by atoms with E-state index >= 15 is 0 Å². The van der Waals surface area contributed by atoms with E-state index in [1.165, 1.54) is 4.68 Å². The van der Waals surface area contributed by atoms with Crippen LogP contribution in [0, 0.1) is 11.2 Å². The van der Waals surface area contributed by atoms with Gasteiger partial charge in [-0.25, -0.2) is 14.1 Å². The summed E-state index contributed by atoms with van der Waals surface area (Å²) in [6, 6.07) is 3.15. The topological polar surface area (TPSA) is 80.6 Å². The number of aromatic nitrogens is 3. The zero-order chi connectivity index (χ0) is 14.9. The van der Waals surface area contributed by atoms with Gasteiger partial charge in [-0.15, -0.1) is 0 Å². The molecule has 5 nitrogen and oxygen atoms in total. The molecule has 0 atom stereocenters. The van der Waals surface area contributed by atoms with Crippen LogP contribution in [-0.4, -0.2) is 20.6 Å². The van der Waals surface area contributed by atoms with Crippen molar-refractivity contribution in [3.05, 3.63) is 39.6 Å². The van der Waals surface area contributed by atoms with Gasteiger partial charge in [0, 0.05) is 18.4 Å². The molecule has 0 bridgehead atoms. The first-order chi connectivity index (χ1) is 9.49. The van der Waals surface area contributed by atoms with Crippen molar-refractivity contribution in [3.8, 4) is 5.69 Å². The summed E-state index contributed by atoms with van der Waals surface area (Å²) in [5.74, 6) is 0.682. The van der Waals surface area contributed by atoms with Crippen LogP contribution in [0.1, 0.15) is 31.1 Å². The smallest absolute Gasteiger partial charge is 0.163 e. The van der Waals surface area contributed by atoms with Crippen LogP contribution in [0.5, 0.6) is 0 Å². The molecule has 0 aliphatic carbocycles. The average molecular weight is 340 g/mol. The number of nitrogens with zero attached hydrogens (tertiary/aromatic N) is 3. The van der Waals surface area contributed by atoms with E-state index in [1.54, 1.807) is 12.1 Å². The van der Waals surface area contributed by atoms with E-state index in [0.29, 0.717) is 35.7 Å². The van der Waals surface area contributed by atoms with Crippen molar-refractivity contribution in [2.24, 2.45) is 5.73 Å². The standard InChI is InChI=1S/C13H15BrFN5/c1-3-9-18-10(4-2)20(19-9)8-6-5-7(13(16)17)11(14)12(8)15/h5-6H,3-4H2,1-2H3,(H3,16,17). The SMILES string of the molecule is CCc1nc(CC)n(-c2ccc(C(=N)N)c(Br)c2F)n1. The second-order valence-corrected chi connectivity index (χ2v) is 5.03.